The fourth-order valence-electron chi connectivity index (χ4n) is 3.56. The minimum atomic E-state index is -3.68. The van der Waals surface area contributed by atoms with Gasteiger partial charge in [0.2, 0.25) is 0 Å². The molecule has 0 unspecified atom stereocenters. The van der Waals surface area contributed by atoms with Crippen molar-refractivity contribution >= 4 is 33.4 Å². The number of benzene rings is 2. The molecule has 4 rings (SSSR count). The third-order valence-electron chi connectivity index (χ3n) is 4.99. The molecular weight excluding hydrogens is 400 g/mol. The number of halogens is 1. The lowest BCUT2D eigenvalue weighted by Gasteiger charge is -2.32. The molecule has 0 aromatic heterocycles. The molecule has 1 saturated heterocycles. The first-order chi connectivity index (χ1) is 13.5. The SMILES string of the molecule is O=C(OCc1ccccc1Cl)[C@@H]1CCCN(C2=NS(=O)(=O)c3ccccc32)C1. The summed E-state index contributed by atoms with van der Waals surface area (Å²) in [5.41, 5.74) is 1.35. The Bertz CT molecular complexity index is 1050. The predicted molar refractivity (Wildman–Crippen MR) is 106 cm³/mol. The van der Waals surface area contributed by atoms with Crippen LogP contribution in [0.1, 0.15) is 24.0 Å². The normalized spacial score (nSPS) is 20.4. The average Bonchev–Trinajstić information content (AvgIpc) is 2.99. The van der Waals surface area contributed by atoms with Gasteiger partial charge < -0.3 is 9.64 Å². The number of fused-ring (bicyclic) bond motifs is 1. The van der Waals surface area contributed by atoms with Crippen LogP contribution in [0, 0.1) is 5.92 Å². The Morgan fingerprint density at radius 2 is 1.93 bits per heavy atom. The molecule has 2 aromatic carbocycles. The van der Waals surface area contributed by atoms with Gasteiger partial charge in [-0.15, -0.1) is 4.40 Å². The Labute approximate surface area is 168 Å². The molecule has 0 amide bonds. The quantitative estimate of drug-likeness (QED) is 0.715. The second kappa shape index (κ2) is 7.56. The third kappa shape index (κ3) is 3.64. The van der Waals surface area contributed by atoms with Crippen molar-refractivity contribution in [2.24, 2.45) is 10.3 Å². The van der Waals surface area contributed by atoms with Crippen LogP contribution < -0.4 is 0 Å². The molecule has 2 aliphatic heterocycles. The van der Waals surface area contributed by atoms with Crippen molar-refractivity contribution in [2.75, 3.05) is 13.1 Å². The number of nitrogens with zero attached hydrogens (tertiary/aromatic N) is 2. The van der Waals surface area contributed by atoms with Gasteiger partial charge in [-0.2, -0.15) is 8.42 Å². The van der Waals surface area contributed by atoms with E-state index >= 15 is 0 Å². The maximum atomic E-state index is 12.6. The summed E-state index contributed by atoms with van der Waals surface area (Å²) in [6.07, 6.45) is 1.45. The highest BCUT2D eigenvalue weighted by Gasteiger charge is 2.35. The predicted octanol–water partition coefficient (Wildman–Crippen LogP) is 3.24. The van der Waals surface area contributed by atoms with E-state index in [2.05, 4.69) is 4.40 Å². The third-order valence-corrected chi connectivity index (χ3v) is 6.69. The molecule has 1 fully saturated rings. The van der Waals surface area contributed by atoms with Crippen molar-refractivity contribution < 1.29 is 17.9 Å². The number of rotatable bonds is 3. The molecule has 0 saturated carbocycles. The molecule has 2 aromatic rings. The summed E-state index contributed by atoms with van der Waals surface area (Å²) in [4.78, 5) is 14.7. The summed E-state index contributed by atoms with van der Waals surface area (Å²) in [5.74, 6) is -0.229. The van der Waals surface area contributed by atoms with Crippen molar-refractivity contribution in [2.45, 2.75) is 24.3 Å². The fourth-order valence-corrected chi connectivity index (χ4v) is 4.98. The van der Waals surface area contributed by atoms with Crippen molar-refractivity contribution in [1.82, 2.24) is 4.90 Å². The number of ether oxygens (including phenoxy) is 1. The molecule has 0 radical (unpaired) electrons. The summed E-state index contributed by atoms with van der Waals surface area (Å²) in [7, 11) is -3.68. The van der Waals surface area contributed by atoms with E-state index in [1.165, 1.54) is 0 Å². The average molecular weight is 419 g/mol. The second-order valence-electron chi connectivity index (χ2n) is 6.87. The van der Waals surface area contributed by atoms with Crippen LogP contribution >= 0.6 is 11.6 Å². The molecule has 2 heterocycles. The number of likely N-dealkylation sites (tertiary alicyclic amines) is 1. The van der Waals surface area contributed by atoms with Gasteiger partial charge in [-0.25, -0.2) is 0 Å². The van der Waals surface area contributed by atoms with E-state index < -0.39 is 10.0 Å². The van der Waals surface area contributed by atoms with Gasteiger partial charge in [0.1, 0.15) is 11.5 Å². The summed E-state index contributed by atoms with van der Waals surface area (Å²) in [5, 5.41) is 0.558. The molecule has 8 heteroatoms. The number of hydrogen-bond donors (Lipinski definition) is 0. The topological polar surface area (TPSA) is 76.0 Å². The van der Waals surface area contributed by atoms with Crippen LogP contribution in [0.5, 0.6) is 0 Å². The van der Waals surface area contributed by atoms with E-state index in [-0.39, 0.29) is 23.4 Å². The second-order valence-corrected chi connectivity index (χ2v) is 8.85. The lowest BCUT2D eigenvalue weighted by molar-refractivity contribution is -0.151. The van der Waals surface area contributed by atoms with Gasteiger partial charge >= 0.3 is 5.97 Å². The Hall–Kier alpha value is -2.38. The Kier molecular flexibility index (Phi) is 5.12. The number of carbonyl (C=O) groups excluding carboxylic acids is 1. The Balaban J connectivity index is 1.47. The van der Waals surface area contributed by atoms with Crippen LogP contribution in [0.4, 0.5) is 0 Å². The monoisotopic (exact) mass is 418 g/mol. The maximum absolute atomic E-state index is 12.6. The summed E-state index contributed by atoms with van der Waals surface area (Å²) < 4.78 is 34.0. The van der Waals surface area contributed by atoms with Crippen molar-refractivity contribution in [3.63, 3.8) is 0 Å². The van der Waals surface area contributed by atoms with Crippen LogP contribution in [-0.4, -0.2) is 38.2 Å². The van der Waals surface area contributed by atoms with Gasteiger partial charge in [0.15, 0.2) is 5.84 Å². The first-order valence-corrected chi connectivity index (χ1v) is 10.9. The van der Waals surface area contributed by atoms with Gasteiger partial charge in [-0.3, -0.25) is 4.79 Å². The Morgan fingerprint density at radius 1 is 1.18 bits per heavy atom. The van der Waals surface area contributed by atoms with Crippen LogP contribution in [0.3, 0.4) is 0 Å². The zero-order valence-electron chi connectivity index (χ0n) is 15.0. The molecule has 0 N–H and O–H groups in total. The van der Waals surface area contributed by atoms with Gasteiger partial charge in [0, 0.05) is 29.2 Å². The number of hydrogen-bond acceptors (Lipinski definition) is 5. The first-order valence-electron chi connectivity index (χ1n) is 9.05. The summed E-state index contributed by atoms with van der Waals surface area (Å²) >= 11 is 6.11. The van der Waals surface area contributed by atoms with Gasteiger partial charge in [-0.05, 0) is 31.0 Å². The molecule has 146 valence electrons. The zero-order valence-corrected chi connectivity index (χ0v) is 16.6. The van der Waals surface area contributed by atoms with E-state index in [1.807, 2.05) is 23.1 Å². The highest BCUT2D eigenvalue weighted by atomic mass is 35.5. The van der Waals surface area contributed by atoms with E-state index in [9.17, 15) is 13.2 Å². The van der Waals surface area contributed by atoms with Crippen LogP contribution in [0.25, 0.3) is 0 Å². The van der Waals surface area contributed by atoms with E-state index in [0.717, 1.165) is 12.0 Å². The van der Waals surface area contributed by atoms with Crippen molar-refractivity contribution in [3.8, 4) is 0 Å². The number of sulfonamides is 1. The molecule has 0 bridgehead atoms. The fraction of sp³-hybridized carbons (Fsp3) is 0.300. The van der Waals surface area contributed by atoms with E-state index in [0.29, 0.717) is 35.9 Å². The van der Waals surface area contributed by atoms with E-state index in [1.54, 1.807) is 30.3 Å². The lowest BCUT2D eigenvalue weighted by Crippen LogP contribution is -2.42. The standard InChI is InChI=1S/C20H19ClN2O4S/c21-17-9-3-1-6-15(17)13-27-20(24)14-7-5-11-23(12-14)19-16-8-2-4-10-18(16)28(25,26)22-19/h1-4,6,8-10,14H,5,7,11-13H2/t14-/m1/s1. The van der Waals surface area contributed by atoms with Crippen LogP contribution in [-0.2, 0) is 26.2 Å². The lowest BCUT2D eigenvalue weighted by atomic mass is 9.97. The van der Waals surface area contributed by atoms with Crippen molar-refractivity contribution in [3.05, 3.63) is 64.7 Å². The first kappa shape index (κ1) is 19.0. The molecule has 1 atom stereocenters. The number of piperidine rings is 1. The minimum Gasteiger partial charge on any atom is -0.460 e. The largest absolute Gasteiger partial charge is 0.460 e. The van der Waals surface area contributed by atoms with Gasteiger partial charge in [-0.1, -0.05) is 41.9 Å². The number of amidine groups is 1. The maximum Gasteiger partial charge on any atom is 0.311 e. The van der Waals surface area contributed by atoms with E-state index in [4.69, 9.17) is 16.3 Å². The summed E-state index contributed by atoms with van der Waals surface area (Å²) in [6, 6.07) is 14.0. The molecular formula is C20H19ClN2O4S. The highest BCUT2D eigenvalue weighted by Crippen LogP contribution is 2.30. The minimum absolute atomic E-state index is 0.118. The highest BCUT2D eigenvalue weighted by molar-refractivity contribution is 7.90. The molecule has 2 aliphatic rings. The van der Waals surface area contributed by atoms with Crippen molar-refractivity contribution in [1.29, 1.82) is 0 Å². The molecule has 0 spiro atoms. The number of esters is 1. The molecule has 6 nitrogen and oxygen atoms in total. The van der Waals surface area contributed by atoms with Crippen LogP contribution in [0.2, 0.25) is 5.02 Å². The smallest absolute Gasteiger partial charge is 0.311 e. The molecule has 28 heavy (non-hydrogen) atoms. The Morgan fingerprint density at radius 3 is 2.75 bits per heavy atom. The van der Waals surface area contributed by atoms with Crippen LogP contribution in [0.15, 0.2) is 57.8 Å². The molecule has 0 aliphatic carbocycles. The summed E-state index contributed by atoms with van der Waals surface area (Å²) in [6.45, 7) is 1.15. The zero-order chi connectivity index (χ0) is 19.7. The van der Waals surface area contributed by atoms with Gasteiger partial charge in [0.25, 0.3) is 10.0 Å². The number of carbonyl (C=O) groups is 1. The van der Waals surface area contributed by atoms with Gasteiger partial charge in [0.05, 0.1) is 5.92 Å².